The normalized spacial score (nSPS) is 12.3. The van der Waals surface area contributed by atoms with E-state index in [2.05, 4.69) is 20.9 Å². The SMILES string of the molecule is CCN(CC)c1ccc(C(=O)N[C@@H](CCCNC(=N)N[N+](=O)[O-])C(=O)N[C@@H](CC(C)C)B(O)O)cc1. The Bertz CT molecular complexity index is 865. The molecule has 36 heavy (non-hydrogen) atoms. The number of anilines is 1. The summed E-state index contributed by atoms with van der Waals surface area (Å²) in [5, 5.41) is 44.1. The van der Waals surface area contributed by atoms with E-state index in [1.165, 1.54) is 0 Å². The molecule has 0 bridgehead atoms. The Balaban J connectivity index is 2.92. The van der Waals surface area contributed by atoms with Gasteiger partial charge < -0.3 is 30.9 Å². The van der Waals surface area contributed by atoms with Crippen LogP contribution in [0.4, 0.5) is 5.69 Å². The number of nitrogens with one attached hydrogen (secondary N) is 5. The molecule has 0 radical (unpaired) electrons. The molecule has 0 spiro atoms. The van der Waals surface area contributed by atoms with Gasteiger partial charge in [-0.05, 0) is 63.3 Å². The zero-order chi connectivity index (χ0) is 27.3. The first-order valence-corrected chi connectivity index (χ1v) is 12.0. The number of nitro groups is 1. The van der Waals surface area contributed by atoms with Crippen LogP contribution in [0, 0.1) is 21.4 Å². The highest BCUT2D eigenvalue weighted by Gasteiger charge is 2.30. The molecular weight excluding hydrogens is 469 g/mol. The average molecular weight is 507 g/mol. The van der Waals surface area contributed by atoms with Gasteiger partial charge in [-0.3, -0.25) is 15.0 Å². The summed E-state index contributed by atoms with van der Waals surface area (Å²) in [6.07, 6.45) is 0.753. The third-order valence-electron chi connectivity index (χ3n) is 5.47. The van der Waals surface area contributed by atoms with Crippen LogP contribution in [0.1, 0.15) is 57.3 Å². The van der Waals surface area contributed by atoms with Crippen molar-refractivity contribution in [3.05, 3.63) is 39.9 Å². The maximum Gasteiger partial charge on any atom is 0.475 e. The van der Waals surface area contributed by atoms with Crippen LogP contribution in [0.2, 0.25) is 0 Å². The Morgan fingerprint density at radius 2 is 1.75 bits per heavy atom. The van der Waals surface area contributed by atoms with Crippen LogP contribution < -0.4 is 26.3 Å². The van der Waals surface area contributed by atoms with Gasteiger partial charge in [0, 0.05) is 30.9 Å². The number of carbonyl (C=O) groups excluding carboxylic acids is 2. The van der Waals surface area contributed by atoms with Crippen molar-refractivity contribution in [1.82, 2.24) is 21.4 Å². The lowest BCUT2D eigenvalue weighted by Crippen LogP contribution is -2.54. The fourth-order valence-corrected chi connectivity index (χ4v) is 3.62. The summed E-state index contributed by atoms with van der Waals surface area (Å²) in [5.41, 5.74) is 3.00. The molecule has 0 aliphatic carbocycles. The molecule has 13 nitrogen and oxygen atoms in total. The van der Waals surface area contributed by atoms with Crippen LogP contribution in [0.15, 0.2) is 24.3 Å². The summed E-state index contributed by atoms with van der Waals surface area (Å²) in [5.74, 6) is -2.39. The first-order valence-electron chi connectivity index (χ1n) is 12.0. The van der Waals surface area contributed by atoms with Gasteiger partial charge in [-0.25, -0.2) is 10.1 Å². The molecule has 0 saturated heterocycles. The highest BCUT2D eigenvalue weighted by Crippen LogP contribution is 2.15. The van der Waals surface area contributed by atoms with E-state index < -0.39 is 41.9 Å². The minimum atomic E-state index is -1.77. The van der Waals surface area contributed by atoms with Crippen molar-refractivity contribution >= 4 is 30.6 Å². The predicted octanol–water partition coefficient (Wildman–Crippen LogP) is 0.260. The molecule has 14 heteroatoms. The molecule has 0 aromatic heterocycles. The van der Waals surface area contributed by atoms with E-state index in [4.69, 9.17) is 5.41 Å². The van der Waals surface area contributed by atoms with E-state index in [9.17, 15) is 29.8 Å². The second-order valence-electron chi connectivity index (χ2n) is 8.72. The smallest absolute Gasteiger partial charge is 0.426 e. The van der Waals surface area contributed by atoms with E-state index in [-0.39, 0.29) is 25.3 Å². The van der Waals surface area contributed by atoms with Crippen molar-refractivity contribution < 1.29 is 24.7 Å². The first kappa shape index (κ1) is 30.6. The summed E-state index contributed by atoms with van der Waals surface area (Å²) in [6, 6.07) is 5.99. The van der Waals surface area contributed by atoms with Gasteiger partial charge in [0.05, 0.1) is 5.94 Å². The number of carbonyl (C=O) groups is 2. The minimum Gasteiger partial charge on any atom is -0.426 e. The third kappa shape index (κ3) is 10.9. The van der Waals surface area contributed by atoms with Gasteiger partial charge in [0.1, 0.15) is 6.04 Å². The summed E-state index contributed by atoms with van der Waals surface area (Å²) < 4.78 is 0. The molecule has 1 rings (SSSR count). The van der Waals surface area contributed by atoms with E-state index >= 15 is 0 Å². The second kappa shape index (κ2) is 15.6. The van der Waals surface area contributed by atoms with Gasteiger partial charge >= 0.3 is 7.12 Å². The first-order chi connectivity index (χ1) is 17.0. The van der Waals surface area contributed by atoms with Gasteiger partial charge in [-0.15, -0.1) is 0 Å². The molecule has 0 aliphatic heterocycles. The zero-order valence-electron chi connectivity index (χ0n) is 21.3. The Morgan fingerprint density at radius 1 is 1.14 bits per heavy atom. The molecular formula is C22H38BN7O6. The second-order valence-corrected chi connectivity index (χ2v) is 8.72. The van der Waals surface area contributed by atoms with Gasteiger partial charge in [-0.1, -0.05) is 19.3 Å². The lowest BCUT2D eigenvalue weighted by molar-refractivity contribution is -0.525. The van der Waals surface area contributed by atoms with Crippen LogP contribution >= 0.6 is 0 Å². The molecule has 0 unspecified atom stereocenters. The third-order valence-corrected chi connectivity index (χ3v) is 5.47. The molecule has 0 aliphatic rings. The minimum absolute atomic E-state index is 0.0822. The fraction of sp³-hybridized carbons (Fsp3) is 0.591. The Kier molecular flexibility index (Phi) is 13.3. The van der Waals surface area contributed by atoms with Crippen molar-refractivity contribution in [2.24, 2.45) is 5.92 Å². The zero-order valence-corrected chi connectivity index (χ0v) is 21.3. The van der Waals surface area contributed by atoms with Gasteiger partial charge in [0.25, 0.3) is 11.9 Å². The number of rotatable bonds is 15. The van der Waals surface area contributed by atoms with E-state index in [1.807, 2.05) is 39.8 Å². The number of nitrogens with zero attached hydrogens (tertiary/aromatic N) is 2. The summed E-state index contributed by atoms with van der Waals surface area (Å²) in [7, 11) is -1.77. The monoisotopic (exact) mass is 507 g/mol. The van der Waals surface area contributed by atoms with Crippen LogP contribution in [0.5, 0.6) is 0 Å². The van der Waals surface area contributed by atoms with Crippen LogP contribution in [0.25, 0.3) is 0 Å². The topological polar surface area (TPSA) is 193 Å². The lowest BCUT2D eigenvalue weighted by atomic mass is 9.75. The van der Waals surface area contributed by atoms with Crippen molar-refractivity contribution in [2.45, 2.75) is 58.9 Å². The van der Waals surface area contributed by atoms with Crippen molar-refractivity contribution in [3.63, 3.8) is 0 Å². The molecule has 2 amide bonds. The Hall–Kier alpha value is -3.39. The molecule has 200 valence electrons. The fourth-order valence-electron chi connectivity index (χ4n) is 3.62. The van der Waals surface area contributed by atoms with E-state index in [1.54, 1.807) is 17.6 Å². The molecule has 0 fully saturated rings. The number of benzene rings is 1. The van der Waals surface area contributed by atoms with Gasteiger partial charge in [0.15, 0.2) is 5.03 Å². The highest BCUT2D eigenvalue weighted by molar-refractivity contribution is 6.43. The van der Waals surface area contributed by atoms with Crippen LogP contribution in [-0.4, -0.2) is 71.6 Å². The molecule has 1 aromatic rings. The molecule has 1 aromatic carbocycles. The van der Waals surface area contributed by atoms with Crippen LogP contribution in [0.3, 0.4) is 0 Å². The predicted molar refractivity (Wildman–Crippen MR) is 138 cm³/mol. The summed E-state index contributed by atoms with van der Waals surface area (Å²) in [6.45, 7) is 9.60. The average Bonchev–Trinajstić information content (AvgIpc) is 2.80. The Morgan fingerprint density at radius 3 is 2.25 bits per heavy atom. The van der Waals surface area contributed by atoms with E-state index in [0.717, 1.165) is 18.8 Å². The standard InChI is InChI=1S/C22H38BN7O6/c1-5-29(6-2)17-11-9-16(10-12-17)20(31)26-18(8-7-13-25-22(24)28-30(35)36)21(32)27-19(23(33)34)14-15(3)4/h9-12,15,18-19,33-34H,5-8,13-14H2,1-4H3,(H,26,31)(H,27,32)(H3,24,25,28)/t18-,19-/m0/s1. The van der Waals surface area contributed by atoms with Gasteiger partial charge in [-0.2, -0.15) is 0 Å². The van der Waals surface area contributed by atoms with Crippen molar-refractivity contribution in [2.75, 3.05) is 24.5 Å². The molecule has 0 heterocycles. The maximum absolute atomic E-state index is 13.0. The lowest BCUT2D eigenvalue weighted by Gasteiger charge is -2.24. The quantitative estimate of drug-likeness (QED) is 0.0435. The number of hydrazine groups is 1. The number of hydrogen-bond donors (Lipinski definition) is 7. The van der Waals surface area contributed by atoms with Gasteiger partial charge in [0.2, 0.25) is 5.91 Å². The number of hydrogen-bond acceptors (Lipinski definition) is 8. The highest BCUT2D eigenvalue weighted by atomic mass is 16.7. The molecule has 7 N–H and O–H groups in total. The van der Waals surface area contributed by atoms with Crippen LogP contribution in [-0.2, 0) is 4.79 Å². The largest absolute Gasteiger partial charge is 0.475 e. The Labute approximate surface area is 211 Å². The van der Waals surface area contributed by atoms with Crippen molar-refractivity contribution in [1.29, 1.82) is 5.41 Å². The summed E-state index contributed by atoms with van der Waals surface area (Å²) >= 11 is 0. The number of amides is 2. The summed E-state index contributed by atoms with van der Waals surface area (Å²) in [4.78, 5) is 38.4. The van der Waals surface area contributed by atoms with E-state index in [0.29, 0.717) is 12.0 Å². The maximum atomic E-state index is 13.0. The number of guanidine groups is 1. The molecule has 2 atom stereocenters. The van der Waals surface area contributed by atoms with Crippen molar-refractivity contribution in [3.8, 4) is 0 Å². The molecule has 0 saturated carbocycles.